The smallest absolute Gasteiger partial charge is 0.143 e. The Kier molecular flexibility index (Phi) is 1.65. The Balaban J connectivity index is 2.15. The van der Waals surface area contributed by atoms with E-state index >= 15 is 0 Å². The first-order chi connectivity index (χ1) is 11.9. The summed E-state index contributed by atoms with van der Waals surface area (Å²) in [6.07, 6.45) is 0. The Hall–Kier alpha value is -2.25. The Morgan fingerprint density at radius 2 is 1.80 bits per heavy atom. The molecule has 0 N–H and O–H groups in total. The minimum atomic E-state index is -0.415. The van der Waals surface area contributed by atoms with E-state index in [1.807, 2.05) is 6.07 Å². The lowest BCUT2D eigenvalue weighted by molar-refractivity contribution is 0.670. The van der Waals surface area contributed by atoms with Crippen LogP contribution < -0.4 is 0 Å². The van der Waals surface area contributed by atoms with Gasteiger partial charge in [-0.15, -0.1) is 0 Å². The lowest BCUT2D eigenvalue weighted by Gasteiger charge is -2.01. The Bertz CT molecular complexity index is 1140. The molecule has 0 aliphatic carbocycles. The van der Waals surface area contributed by atoms with Gasteiger partial charge in [-0.05, 0) is 23.8 Å². The van der Waals surface area contributed by atoms with Crippen molar-refractivity contribution in [2.45, 2.75) is 0 Å². The second-order valence-corrected chi connectivity index (χ2v) is 4.86. The third-order valence-corrected chi connectivity index (χ3v) is 3.46. The fourth-order valence-corrected chi connectivity index (χ4v) is 2.52. The van der Waals surface area contributed by atoms with Crippen molar-refractivity contribution in [2.75, 3.05) is 0 Å². The maximum absolute atomic E-state index is 8.18. The number of halogens is 1. The van der Waals surface area contributed by atoms with Crippen molar-refractivity contribution in [2.24, 2.45) is 0 Å². The highest BCUT2D eigenvalue weighted by molar-refractivity contribution is 6.31. The molecule has 0 unspecified atom stereocenters. The van der Waals surface area contributed by atoms with Gasteiger partial charge in [0.05, 0.1) is 6.85 Å². The van der Waals surface area contributed by atoms with Gasteiger partial charge in [0.15, 0.2) is 0 Å². The predicted octanol–water partition coefficient (Wildman–Crippen LogP) is 5.91. The largest absolute Gasteiger partial charge is 0.455 e. The molecule has 0 radical (unpaired) electrons. The molecule has 3 aromatic carbocycles. The zero-order valence-corrected chi connectivity index (χ0v) is 11.0. The zero-order valence-electron chi connectivity index (χ0n) is 15.3. The Morgan fingerprint density at radius 3 is 2.65 bits per heavy atom. The minimum absolute atomic E-state index is 0.127. The first-order valence-electron chi connectivity index (χ1n) is 8.58. The van der Waals surface area contributed by atoms with Crippen molar-refractivity contribution in [3.8, 4) is 11.1 Å². The maximum atomic E-state index is 8.18. The average molecular weight is 284 g/mol. The van der Waals surface area contributed by atoms with E-state index in [1.54, 1.807) is 30.3 Å². The van der Waals surface area contributed by atoms with Crippen LogP contribution in [0.25, 0.3) is 33.1 Å². The number of para-hydroxylation sites is 1. The molecule has 0 spiro atoms. The van der Waals surface area contributed by atoms with Gasteiger partial charge < -0.3 is 4.42 Å². The van der Waals surface area contributed by atoms with Crippen LogP contribution in [0.5, 0.6) is 0 Å². The van der Waals surface area contributed by atoms with Crippen LogP contribution in [-0.2, 0) is 0 Å². The summed E-state index contributed by atoms with van der Waals surface area (Å²) in [4.78, 5) is 0. The van der Waals surface area contributed by atoms with Crippen LogP contribution in [0, 0.1) is 0 Å². The predicted molar refractivity (Wildman–Crippen MR) is 84.2 cm³/mol. The first-order valence-corrected chi connectivity index (χ1v) is 6.46. The monoisotopic (exact) mass is 283 g/mol. The number of fused-ring (bicyclic) bond motifs is 3. The molecule has 1 heterocycles. The van der Waals surface area contributed by atoms with Gasteiger partial charge in [-0.25, -0.2) is 0 Å². The number of rotatable bonds is 1. The molecular weight excluding hydrogens is 268 g/mol. The molecule has 0 saturated carbocycles. The van der Waals surface area contributed by atoms with Gasteiger partial charge in [0.1, 0.15) is 11.2 Å². The standard InChI is InChI=1S/C18H11ClO/c19-13-9-10-17-16(11-13)15-8-4-7-14(18(15)20-17)12-5-2-1-3-6-12/h1-11H/i1D,2D,3D,5D,6D. The Morgan fingerprint density at radius 1 is 0.950 bits per heavy atom. The highest BCUT2D eigenvalue weighted by Gasteiger charge is 2.11. The molecule has 0 bridgehead atoms. The molecule has 96 valence electrons. The summed E-state index contributed by atoms with van der Waals surface area (Å²) in [5, 5.41) is 2.17. The van der Waals surface area contributed by atoms with Gasteiger partial charge in [-0.2, -0.15) is 0 Å². The van der Waals surface area contributed by atoms with Gasteiger partial charge in [0.25, 0.3) is 0 Å². The lowest BCUT2D eigenvalue weighted by Crippen LogP contribution is -1.77. The van der Waals surface area contributed by atoms with E-state index in [4.69, 9.17) is 22.9 Å². The van der Waals surface area contributed by atoms with Crippen LogP contribution in [0.2, 0.25) is 5.02 Å². The van der Waals surface area contributed by atoms with Gasteiger partial charge in [0, 0.05) is 21.4 Å². The molecule has 0 amide bonds. The minimum Gasteiger partial charge on any atom is -0.455 e. The van der Waals surface area contributed by atoms with E-state index in [-0.39, 0.29) is 29.7 Å². The highest BCUT2D eigenvalue weighted by Crippen LogP contribution is 2.36. The molecule has 0 atom stereocenters. The molecule has 2 heteroatoms. The van der Waals surface area contributed by atoms with E-state index in [0.717, 1.165) is 10.8 Å². The topological polar surface area (TPSA) is 13.1 Å². The number of hydrogen-bond acceptors (Lipinski definition) is 1. The van der Waals surface area contributed by atoms with Crippen molar-refractivity contribution in [3.63, 3.8) is 0 Å². The third-order valence-electron chi connectivity index (χ3n) is 3.23. The molecule has 1 nitrogen and oxygen atoms in total. The second-order valence-electron chi connectivity index (χ2n) is 4.42. The second kappa shape index (κ2) is 4.39. The van der Waals surface area contributed by atoms with Crippen molar-refractivity contribution < 1.29 is 11.3 Å². The normalized spacial score (nSPS) is 14.8. The summed E-state index contributed by atoms with van der Waals surface area (Å²) >= 11 is 6.07. The van der Waals surface area contributed by atoms with Crippen molar-refractivity contribution in [1.29, 1.82) is 0 Å². The quantitative estimate of drug-likeness (QED) is 0.423. The van der Waals surface area contributed by atoms with Gasteiger partial charge in [0.2, 0.25) is 0 Å². The van der Waals surface area contributed by atoms with Gasteiger partial charge in [-0.1, -0.05) is 60.0 Å². The van der Waals surface area contributed by atoms with E-state index in [1.165, 1.54) is 0 Å². The van der Waals surface area contributed by atoms with E-state index in [9.17, 15) is 0 Å². The lowest BCUT2D eigenvalue weighted by atomic mass is 10.0. The first kappa shape index (κ1) is 7.51. The van der Waals surface area contributed by atoms with E-state index < -0.39 is 6.04 Å². The number of hydrogen-bond donors (Lipinski definition) is 0. The van der Waals surface area contributed by atoms with Gasteiger partial charge >= 0.3 is 0 Å². The van der Waals surface area contributed by atoms with Gasteiger partial charge in [-0.3, -0.25) is 0 Å². The van der Waals surface area contributed by atoms with E-state index in [2.05, 4.69) is 0 Å². The summed E-state index contributed by atoms with van der Waals surface area (Å²) in [7, 11) is 0. The average Bonchev–Trinajstić information content (AvgIpc) is 2.97. The maximum Gasteiger partial charge on any atom is 0.143 e. The zero-order chi connectivity index (χ0) is 17.9. The summed E-state index contributed by atoms with van der Waals surface area (Å²) < 4.78 is 45.8. The van der Waals surface area contributed by atoms with Crippen LogP contribution in [-0.4, -0.2) is 0 Å². The Labute approximate surface area is 128 Å². The van der Waals surface area contributed by atoms with Crippen molar-refractivity contribution >= 4 is 33.5 Å². The summed E-state index contributed by atoms with van der Waals surface area (Å²) in [6, 6.07) is 8.93. The SMILES string of the molecule is [2H]c1c([2H])c([2H])c(-c2cccc3c2oc2ccc(Cl)cc23)c([2H])c1[2H]. The molecular formula is C18H11ClO. The molecule has 4 aromatic rings. The van der Waals surface area contributed by atoms with Crippen LogP contribution in [0.3, 0.4) is 0 Å². The highest BCUT2D eigenvalue weighted by atomic mass is 35.5. The summed E-state index contributed by atoms with van der Waals surface area (Å²) in [5.41, 5.74) is 1.68. The third kappa shape index (κ3) is 1.71. The summed E-state index contributed by atoms with van der Waals surface area (Å²) in [5.74, 6) is 0. The number of furan rings is 1. The molecule has 20 heavy (non-hydrogen) atoms. The van der Waals surface area contributed by atoms with Crippen molar-refractivity contribution in [3.05, 3.63) is 71.6 Å². The molecule has 0 saturated heterocycles. The molecule has 4 rings (SSSR count). The number of benzene rings is 3. The fourth-order valence-electron chi connectivity index (χ4n) is 2.35. The van der Waals surface area contributed by atoms with E-state index in [0.29, 0.717) is 21.8 Å². The fraction of sp³-hybridized carbons (Fsp3) is 0. The van der Waals surface area contributed by atoms with Crippen LogP contribution in [0.15, 0.2) is 71.0 Å². The molecule has 0 aliphatic rings. The molecule has 0 aliphatic heterocycles. The molecule has 0 fully saturated rings. The molecule has 1 aromatic heterocycles. The van der Waals surface area contributed by atoms with Crippen LogP contribution >= 0.6 is 11.6 Å². The van der Waals surface area contributed by atoms with Crippen molar-refractivity contribution in [1.82, 2.24) is 0 Å². The van der Waals surface area contributed by atoms with Crippen LogP contribution in [0.4, 0.5) is 0 Å². The van der Waals surface area contributed by atoms with Crippen LogP contribution in [0.1, 0.15) is 6.85 Å². The summed E-state index contributed by atoms with van der Waals surface area (Å²) in [6.45, 7) is 0.